The van der Waals surface area contributed by atoms with E-state index in [1.54, 1.807) is 18.3 Å². The van der Waals surface area contributed by atoms with E-state index in [1.165, 1.54) is 12.1 Å². The van der Waals surface area contributed by atoms with Gasteiger partial charge < -0.3 is 25.3 Å². The largest absolute Gasteiger partial charge is 0.370 e. The molecule has 10 nitrogen and oxygen atoms in total. The highest BCUT2D eigenvalue weighted by Gasteiger charge is 2.23. The maximum absolute atomic E-state index is 13.5. The van der Waals surface area contributed by atoms with Gasteiger partial charge in [-0.25, -0.2) is 19.3 Å². The van der Waals surface area contributed by atoms with Crippen LogP contribution in [0.3, 0.4) is 0 Å². The molecule has 4 aromatic rings. The van der Waals surface area contributed by atoms with Crippen molar-refractivity contribution < 1.29 is 4.39 Å². The first-order valence-corrected chi connectivity index (χ1v) is 15.2. The number of halogens is 1. The normalized spacial score (nSPS) is 16.8. The van der Waals surface area contributed by atoms with Crippen LogP contribution in [-0.4, -0.2) is 95.2 Å². The molecule has 0 radical (unpaired) electrons. The van der Waals surface area contributed by atoms with Gasteiger partial charge in [0.1, 0.15) is 23.3 Å². The topological polar surface area (TPSA) is 88.6 Å². The molecule has 0 aliphatic carbocycles. The number of piperidine rings is 1. The molecule has 2 fully saturated rings. The van der Waals surface area contributed by atoms with E-state index >= 15 is 0 Å². The molecule has 2 aliphatic rings. The summed E-state index contributed by atoms with van der Waals surface area (Å²) in [6.07, 6.45) is 6.03. The van der Waals surface area contributed by atoms with E-state index in [0.717, 1.165) is 86.0 Å². The lowest BCUT2D eigenvalue weighted by molar-refractivity contribution is 0.209. The van der Waals surface area contributed by atoms with Crippen LogP contribution in [0.25, 0.3) is 10.9 Å². The number of benzene rings is 1. The van der Waals surface area contributed by atoms with Crippen molar-refractivity contribution in [2.24, 2.45) is 0 Å². The average Bonchev–Trinajstić information content (AvgIpc) is 3.02. The second-order valence-corrected chi connectivity index (χ2v) is 11.9. The van der Waals surface area contributed by atoms with Crippen LogP contribution in [0.2, 0.25) is 0 Å². The number of hydrogen-bond acceptors (Lipinski definition) is 10. The van der Waals surface area contributed by atoms with Gasteiger partial charge in [0, 0.05) is 62.4 Å². The first kappa shape index (κ1) is 29.0. The van der Waals surface area contributed by atoms with Gasteiger partial charge in [-0.2, -0.15) is 4.98 Å². The molecule has 1 aromatic carbocycles. The molecule has 2 saturated heterocycles. The van der Waals surface area contributed by atoms with E-state index < -0.39 is 0 Å². The van der Waals surface area contributed by atoms with Crippen molar-refractivity contribution in [2.45, 2.75) is 38.8 Å². The second kappa shape index (κ2) is 12.6. The molecule has 0 bridgehead atoms. The highest BCUT2D eigenvalue weighted by atomic mass is 19.1. The van der Waals surface area contributed by atoms with E-state index in [0.29, 0.717) is 23.8 Å². The maximum atomic E-state index is 13.5. The van der Waals surface area contributed by atoms with Crippen molar-refractivity contribution in [3.63, 3.8) is 0 Å². The van der Waals surface area contributed by atoms with Gasteiger partial charge in [-0.05, 0) is 83.2 Å². The summed E-state index contributed by atoms with van der Waals surface area (Å²) in [5.41, 5.74) is 2.60. The van der Waals surface area contributed by atoms with E-state index in [1.807, 2.05) is 18.3 Å². The van der Waals surface area contributed by atoms with Crippen molar-refractivity contribution in [1.82, 2.24) is 29.7 Å². The fourth-order valence-corrected chi connectivity index (χ4v) is 5.91. The Kier molecular flexibility index (Phi) is 8.53. The number of rotatable bonds is 8. The third kappa shape index (κ3) is 6.78. The Bertz CT molecular complexity index is 1510. The fourth-order valence-electron chi connectivity index (χ4n) is 5.91. The smallest absolute Gasteiger partial charge is 0.229 e. The minimum absolute atomic E-state index is 0.285. The van der Waals surface area contributed by atoms with Gasteiger partial charge in [-0.3, -0.25) is 4.90 Å². The highest BCUT2D eigenvalue weighted by molar-refractivity contribution is 5.92. The predicted octanol–water partition coefficient (Wildman–Crippen LogP) is 5.11. The Hall–Kier alpha value is -4.09. The molecule has 2 N–H and O–H groups in total. The number of piperazine rings is 1. The lowest BCUT2D eigenvalue weighted by Crippen LogP contribution is -2.49. The van der Waals surface area contributed by atoms with E-state index in [4.69, 9.17) is 15.0 Å². The minimum Gasteiger partial charge on any atom is -0.370 e. The Morgan fingerprint density at radius 3 is 2.19 bits per heavy atom. The van der Waals surface area contributed by atoms with Crippen molar-refractivity contribution in [1.29, 1.82) is 0 Å². The summed E-state index contributed by atoms with van der Waals surface area (Å²) >= 11 is 0. The van der Waals surface area contributed by atoms with Crippen LogP contribution in [0.4, 0.5) is 39.2 Å². The summed E-state index contributed by atoms with van der Waals surface area (Å²) < 4.78 is 13.5. The number of pyridine rings is 2. The number of nitrogens with one attached hydrogen (secondary N) is 2. The molecule has 6 rings (SSSR count). The first-order valence-electron chi connectivity index (χ1n) is 15.2. The third-order valence-electron chi connectivity index (χ3n) is 8.57. The number of anilines is 6. The molecule has 3 aromatic heterocycles. The fraction of sp³-hybridized carbons (Fsp3) is 0.438. The van der Waals surface area contributed by atoms with Gasteiger partial charge in [0.05, 0.1) is 23.6 Å². The van der Waals surface area contributed by atoms with Crippen LogP contribution in [0.15, 0.2) is 54.9 Å². The van der Waals surface area contributed by atoms with Crippen molar-refractivity contribution in [3.8, 4) is 0 Å². The van der Waals surface area contributed by atoms with Crippen molar-refractivity contribution in [2.75, 3.05) is 73.8 Å². The molecule has 5 heterocycles. The summed E-state index contributed by atoms with van der Waals surface area (Å²) in [5.74, 6) is 2.44. The molecule has 0 amide bonds. The molecule has 11 heteroatoms. The number of hydrogen-bond donors (Lipinski definition) is 2. The predicted molar refractivity (Wildman–Crippen MR) is 172 cm³/mol. The molecule has 0 unspecified atom stereocenters. The zero-order chi connectivity index (χ0) is 29.9. The number of fused-ring (bicyclic) bond motifs is 1. The van der Waals surface area contributed by atoms with Gasteiger partial charge in [-0.15, -0.1) is 0 Å². The lowest BCUT2D eigenvalue weighted by atomic mass is 10.0. The standard InChI is InChI=1S/C32H41FN10/c1-22(2)41-15-17-43(18-16-41)31-27-19-30(35-21-28(27)37-32(39-31)36-24-7-5-23(33)6-8-24)38-29-10-9-26(20-34-29)42-13-11-25(12-14-42)40(3)4/h5-10,19-22,25H,11-18H2,1-4H3,(H,34,35,38)(H,36,37,39). The Morgan fingerprint density at radius 2 is 1.53 bits per heavy atom. The molecule has 0 spiro atoms. The molecular weight excluding hydrogens is 543 g/mol. The zero-order valence-electron chi connectivity index (χ0n) is 25.5. The third-order valence-corrected chi connectivity index (χ3v) is 8.57. The molecule has 226 valence electrons. The van der Waals surface area contributed by atoms with E-state index in [9.17, 15) is 4.39 Å². The molecule has 43 heavy (non-hydrogen) atoms. The van der Waals surface area contributed by atoms with E-state index in [2.05, 4.69) is 69.2 Å². The van der Waals surface area contributed by atoms with Gasteiger partial charge in [0.15, 0.2) is 0 Å². The monoisotopic (exact) mass is 584 g/mol. The molecule has 2 aliphatic heterocycles. The Morgan fingerprint density at radius 1 is 0.814 bits per heavy atom. The Labute approximate surface area is 253 Å². The minimum atomic E-state index is -0.285. The average molecular weight is 585 g/mol. The molecule has 0 saturated carbocycles. The van der Waals surface area contributed by atoms with Crippen LogP contribution in [0.5, 0.6) is 0 Å². The summed E-state index contributed by atoms with van der Waals surface area (Å²) in [5, 5.41) is 7.53. The van der Waals surface area contributed by atoms with E-state index in [-0.39, 0.29) is 5.82 Å². The summed E-state index contributed by atoms with van der Waals surface area (Å²) in [7, 11) is 4.32. The highest BCUT2D eigenvalue weighted by Crippen LogP contribution is 2.30. The van der Waals surface area contributed by atoms with Crippen LogP contribution >= 0.6 is 0 Å². The summed E-state index contributed by atoms with van der Waals surface area (Å²) in [4.78, 5) is 28.6. The Balaban J connectivity index is 1.23. The summed E-state index contributed by atoms with van der Waals surface area (Å²) in [6.45, 7) is 10.2. The van der Waals surface area contributed by atoms with Crippen LogP contribution in [0, 0.1) is 5.82 Å². The van der Waals surface area contributed by atoms with Gasteiger partial charge >= 0.3 is 0 Å². The number of aromatic nitrogens is 4. The van der Waals surface area contributed by atoms with Crippen molar-refractivity contribution in [3.05, 3.63) is 60.7 Å². The van der Waals surface area contributed by atoms with Crippen LogP contribution in [0.1, 0.15) is 26.7 Å². The second-order valence-electron chi connectivity index (χ2n) is 11.9. The first-order chi connectivity index (χ1) is 20.8. The van der Waals surface area contributed by atoms with Gasteiger partial charge in [-0.1, -0.05) is 0 Å². The maximum Gasteiger partial charge on any atom is 0.229 e. The van der Waals surface area contributed by atoms with Crippen LogP contribution in [-0.2, 0) is 0 Å². The summed E-state index contributed by atoms with van der Waals surface area (Å²) in [6, 6.07) is 13.5. The van der Waals surface area contributed by atoms with Gasteiger partial charge in [0.25, 0.3) is 0 Å². The molecule has 0 atom stereocenters. The SMILES string of the molecule is CC(C)N1CCN(c2nc(Nc3ccc(F)cc3)nc3cnc(Nc4ccc(N5CCC(N(C)C)CC5)cn4)cc23)CC1. The lowest BCUT2D eigenvalue weighted by Gasteiger charge is -2.37. The van der Waals surface area contributed by atoms with Crippen LogP contribution < -0.4 is 20.4 Å². The number of nitrogens with zero attached hydrogens (tertiary/aromatic N) is 8. The van der Waals surface area contributed by atoms with Crippen molar-refractivity contribution >= 4 is 45.7 Å². The molecular formula is C32H41FN10. The quantitative estimate of drug-likeness (QED) is 0.291. The zero-order valence-corrected chi connectivity index (χ0v) is 25.5. The van der Waals surface area contributed by atoms with Gasteiger partial charge in [0.2, 0.25) is 5.95 Å².